The van der Waals surface area contributed by atoms with Crippen molar-refractivity contribution < 1.29 is 24.9 Å². The Hall–Kier alpha value is -0.940. The lowest BCUT2D eigenvalue weighted by atomic mass is 9.43. The number of aliphatic carboxylic acids is 1. The number of Topliss-reactive ketones (excluding diaryl/α,β-unsaturated/α-hetero) is 1. The summed E-state index contributed by atoms with van der Waals surface area (Å²) in [5.41, 5.74) is -0.607. The zero-order valence-corrected chi connectivity index (χ0v) is 18.1. The molecule has 0 bridgehead atoms. The largest absolute Gasteiger partial charge is 0.481 e. The van der Waals surface area contributed by atoms with Crippen molar-refractivity contribution in [2.24, 2.45) is 46.3 Å². The van der Waals surface area contributed by atoms with Crippen LogP contribution in [0, 0.1) is 46.3 Å². The lowest BCUT2D eigenvalue weighted by Gasteiger charge is -2.62. The molecule has 0 aliphatic heterocycles. The number of carbonyl (C=O) groups is 2. The minimum absolute atomic E-state index is 0.0604. The van der Waals surface area contributed by atoms with Crippen molar-refractivity contribution in [3.63, 3.8) is 0 Å². The van der Waals surface area contributed by atoms with Crippen molar-refractivity contribution in [1.29, 1.82) is 0 Å². The first-order valence-electron chi connectivity index (χ1n) is 11.7. The number of hydrogen-bond donors (Lipinski definition) is 3. The van der Waals surface area contributed by atoms with E-state index in [0.29, 0.717) is 25.0 Å². The molecule has 0 spiro atoms. The molecule has 4 rings (SSSR count). The average Bonchev–Trinajstić information content (AvgIpc) is 3.01. The molecule has 164 valence electrons. The SMILES string of the molecule is C[C@H](CCC(=O)O)[C@H]1CC[C@H]2[C@@H]3C(=O)C[C@@H]4CCC[C@H](O)[C@]4(C)[C@H]3C[C@H](O)[C@]12C. The van der Waals surface area contributed by atoms with Gasteiger partial charge in [0.1, 0.15) is 5.78 Å². The van der Waals surface area contributed by atoms with Crippen LogP contribution in [0.15, 0.2) is 0 Å². The monoisotopic (exact) mass is 406 g/mol. The molecular weight excluding hydrogens is 368 g/mol. The first-order valence-corrected chi connectivity index (χ1v) is 11.7. The minimum atomic E-state index is -0.770. The Morgan fingerprint density at radius 3 is 2.48 bits per heavy atom. The molecule has 4 aliphatic carbocycles. The predicted octanol–water partition coefficient (Wildman–Crippen LogP) is 3.66. The van der Waals surface area contributed by atoms with Gasteiger partial charge in [-0.05, 0) is 68.1 Å². The second kappa shape index (κ2) is 7.33. The van der Waals surface area contributed by atoms with Gasteiger partial charge in [0.15, 0.2) is 0 Å². The van der Waals surface area contributed by atoms with Crippen LogP contribution in [0.5, 0.6) is 0 Å². The maximum absolute atomic E-state index is 13.4. The van der Waals surface area contributed by atoms with Crippen molar-refractivity contribution in [3.05, 3.63) is 0 Å². The van der Waals surface area contributed by atoms with Gasteiger partial charge in [0, 0.05) is 29.6 Å². The van der Waals surface area contributed by atoms with E-state index >= 15 is 0 Å². The summed E-state index contributed by atoms with van der Waals surface area (Å²) < 4.78 is 0. The van der Waals surface area contributed by atoms with Crippen molar-refractivity contribution >= 4 is 11.8 Å². The maximum Gasteiger partial charge on any atom is 0.303 e. The highest BCUT2D eigenvalue weighted by atomic mass is 16.4. The van der Waals surface area contributed by atoms with Crippen LogP contribution in [0.1, 0.15) is 78.6 Å². The highest BCUT2D eigenvalue weighted by Gasteiger charge is 2.66. The second-order valence-electron chi connectivity index (χ2n) is 11.1. The van der Waals surface area contributed by atoms with Gasteiger partial charge < -0.3 is 15.3 Å². The topological polar surface area (TPSA) is 94.8 Å². The molecule has 10 atom stereocenters. The quantitative estimate of drug-likeness (QED) is 0.662. The molecule has 0 amide bonds. The first-order chi connectivity index (χ1) is 13.6. The van der Waals surface area contributed by atoms with Crippen LogP contribution in [-0.2, 0) is 9.59 Å². The first kappa shape index (κ1) is 21.3. The van der Waals surface area contributed by atoms with Gasteiger partial charge in [-0.15, -0.1) is 0 Å². The number of carbonyl (C=O) groups excluding carboxylic acids is 1. The number of fused-ring (bicyclic) bond motifs is 5. The molecule has 0 aromatic heterocycles. The lowest BCUT2D eigenvalue weighted by molar-refractivity contribution is -0.197. The Kier molecular flexibility index (Phi) is 5.39. The number of rotatable bonds is 4. The fourth-order valence-corrected chi connectivity index (χ4v) is 8.48. The zero-order chi connectivity index (χ0) is 21.1. The Morgan fingerprint density at radius 1 is 1.07 bits per heavy atom. The van der Waals surface area contributed by atoms with Crippen LogP contribution in [0.25, 0.3) is 0 Å². The summed E-state index contributed by atoms with van der Waals surface area (Å²) in [5.74, 6) is 0.435. The molecular formula is C24H38O5. The molecule has 4 aliphatic rings. The molecule has 3 N–H and O–H groups in total. The van der Waals surface area contributed by atoms with Crippen molar-refractivity contribution in [1.82, 2.24) is 0 Å². The number of carboxylic acids is 1. The predicted molar refractivity (Wildman–Crippen MR) is 109 cm³/mol. The van der Waals surface area contributed by atoms with E-state index in [1.165, 1.54) is 0 Å². The van der Waals surface area contributed by atoms with E-state index in [2.05, 4.69) is 20.8 Å². The van der Waals surface area contributed by atoms with E-state index in [-0.39, 0.29) is 58.9 Å². The van der Waals surface area contributed by atoms with Crippen LogP contribution in [0.3, 0.4) is 0 Å². The van der Waals surface area contributed by atoms with Crippen LogP contribution >= 0.6 is 0 Å². The van der Waals surface area contributed by atoms with E-state index < -0.39 is 12.1 Å². The second-order valence-corrected chi connectivity index (χ2v) is 11.1. The zero-order valence-electron chi connectivity index (χ0n) is 18.1. The summed E-state index contributed by atoms with van der Waals surface area (Å²) in [5, 5.41) is 31.5. The van der Waals surface area contributed by atoms with Crippen molar-refractivity contribution in [2.45, 2.75) is 90.8 Å². The molecule has 0 aromatic carbocycles. The van der Waals surface area contributed by atoms with E-state index in [9.17, 15) is 19.8 Å². The van der Waals surface area contributed by atoms with E-state index in [4.69, 9.17) is 5.11 Å². The van der Waals surface area contributed by atoms with Gasteiger partial charge in [0.25, 0.3) is 0 Å². The van der Waals surface area contributed by atoms with E-state index in [0.717, 1.165) is 32.1 Å². The molecule has 5 nitrogen and oxygen atoms in total. The molecule has 4 saturated carbocycles. The Balaban J connectivity index is 1.64. The average molecular weight is 407 g/mol. The van der Waals surface area contributed by atoms with Crippen molar-refractivity contribution in [2.75, 3.05) is 0 Å². The molecule has 0 saturated heterocycles. The van der Waals surface area contributed by atoms with Crippen LogP contribution < -0.4 is 0 Å². The van der Waals surface area contributed by atoms with Gasteiger partial charge in [-0.1, -0.05) is 27.2 Å². The number of ketones is 1. The highest BCUT2D eigenvalue weighted by Crippen LogP contribution is 2.67. The van der Waals surface area contributed by atoms with Gasteiger partial charge in [-0.25, -0.2) is 0 Å². The fraction of sp³-hybridized carbons (Fsp3) is 0.917. The van der Waals surface area contributed by atoms with E-state index in [1.54, 1.807) is 0 Å². The van der Waals surface area contributed by atoms with Gasteiger partial charge >= 0.3 is 5.97 Å². The van der Waals surface area contributed by atoms with Crippen molar-refractivity contribution in [3.8, 4) is 0 Å². The number of aliphatic hydroxyl groups excluding tert-OH is 2. The van der Waals surface area contributed by atoms with Gasteiger partial charge in [0.05, 0.1) is 12.2 Å². The Morgan fingerprint density at radius 2 is 1.79 bits per heavy atom. The smallest absolute Gasteiger partial charge is 0.303 e. The standard InChI is InChI=1S/C24H38O5/c1-13(7-10-21(28)29)15-8-9-16-22-17(12-20(27)24(15,16)3)23(2)14(11-18(22)25)5-4-6-19(23)26/h13-17,19-20,22,26-27H,4-12H2,1-3H3,(H,28,29)/t13-,14+,15-,16+,17+,19+,20+,22+,23+,24-/m1/s1. The van der Waals surface area contributed by atoms with Gasteiger partial charge in [0.2, 0.25) is 0 Å². The molecule has 0 heterocycles. The molecule has 5 heteroatoms. The van der Waals surface area contributed by atoms with Crippen LogP contribution in [0.2, 0.25) is 0 Å². The maximum atomic E-state index is 13.4. The summed E-state index contributed by atoms with van der Waals surface area (Å²) in [4.78, 5) is 24.4. The number of carboxylic acid groups (broad SMARTS) is 1. The van der Waals surface area contributed by atoms with Crippen LogP contribution in [0.4, 0.5) is 0 Å². The minimum Gasteiger partial charge on any atom is -0.481 e. The summed E-state index contributed by atoms with van der Waals surface area (Å²) in [6.07, 6.45) is 5.76. The summed E-state index contributed by atoms with van der Waals surface area (Å²) in [6.45, 7) is 6.46. The molecule has 4 fully saturated rings. The Bertz CT molecular complexity index is 676. The highest BCUT2D eigenvalue weighted by molar-refractivity contribution is 5.83. The summed E-state index contributed by atoms with van der Waals surface area (Å²) in [6, 6.07) is 0. The lowest BCUT2D eigenvalue weighted by Crippen LogP contribution is -2.63. The summed E-state index contributed by atoms with van der Waals surface area (Å²) >= 11 is 0. The third-order valence-corrected chi connectivity index (χ3v) is 10.2. The van der Waals surface area contributed by atoms with E-state index in [1.807, 2.05) is 0 Å². The fourth-order valence-electron chi connectivity index (χ4n) is 8.48. The third kappa shape index (κ3) is 3.02. The molecule has 0 unspecified atom stereocenters. The number of aliphatic hydroxyl groups is 2. The number of hydrogen-bond acceptors (Lipinski definition) is 4. The van der Waals surface area contributed by atoms with Crippen LogP contribution in [-0.4, -0.2) is 39.3 Å². The summed E-state index contributed by atoms with van der Waals surface area (Å²) in [7, 11) is 0. The molecule has 0 aromatic rings. The molecule has 29 heavy (non-hydrogen) atoms. The third-order valence-electron chi connectivity index (χ3n) is 10.2. The normalized spacial score (nSPS) is 50.4. The van der Waals surface area contributed by atoms with Gasteiger partial charge in [-0.2, -0.15) is 0 Å². The molecule has 0 radical (unpaired) electrons. The van der Waals surface area contributed by atoms with Gasteiger partial charge in [-0.3, -0.25) is 9.59 Å². The Labute approximate surface area is 174 Å².